The van der Waals surface area contributed by atoms with Gasteiger partial charge in [0.2, 0.25) is 11.1 Å². The molecule has 1 amide bonds. The molecule has 3 rings (SSSR count). The van der Waals surface area contributed by atoms with Crippen molar-refractivity contribution in [1.82, 2.24) is 25.5 Å². The van der Waals surface area contributed by atoms with Gasteiger partial charge in [-0.25, -0.2) is 4.39 Å². The number of rotatable bonds is 7. The minimum absolute atomic E-state index is 0.145. The summed E-state index contributed by atoms with van der Waals surface area (Å²) in [6, 6.07) is 13.4. The Bertz CT molecular complexity index is 885. The second kappa shape index (κ2) is 8.43. The van der Waals surface area contributed by atoms with Gasteiger partial charge in [0.15, 0.2) is 0 Å². The molecule has 0 spiro atoms. The van der Waals surface area contributed by atoms with E-state index in [1.807, 2.05) is 24.3 Å². The zero-order chi connectivity index (χ0) is 18.4. The first-order chi connectivity index (χ1) is 12.7. The number of hydrogen-bond acceptors (Lipinski definition) is 6. The van der Waals surface area contributed by atoms with Crippen molar-refractivity contribution in [3.63, 3.8) is 0 Å². The number of carbonyl (C=O) groups excluding carboxylic acids is 1. The van der Waals surface area contributed by atoms with Crippen molar-refractivity contribution in [1.29, 1.82) is 0 Å². The van der Waals surface area contributed by atoms with Crippen molar-refractivity contribution in [3.05, 3.63) is 59.9 Å². The molecule has 7 nitrogen and oxygen atoms in total. The van der Waals surface area contributed by atoms with Gasteiger partial charge in [-0.05, 0) is 46.3 Å². The van der Waals surface area contributed by atoms with Gasteiger partial charge in [0.1, 0.15) is 11.6 Å². The number of ether oxygens (including phenoxy) is 1. The van der Waals surface area contributed by atoms with Crippen LogP contribution < -0.4 is 10.1 Å². The summed E-state index contributed by atoms with van der Waals surface area (Å²) in [7, 11) is 1.60. The third-order valence-corrected chi connectivity index (χ3v) is 4.39. The molecule has 0 atom stereocenters. The van der Waals surface area contributed by atoms with Crippen molar-refractivity contribution in [2.45, 2.75) is 11.7 Å². The van der Waals surface area contributed by atoms with E-state index in [0.29, 0.717) is 17.4 Å². The Morgan fingerprint density at radius 1 is 1.27 bits per heavy atom. The molecule has 0 saturated carbocycles. The van der Waals surface area contributed by atoms with Crippen LogP contribution in [0.15, 0.2) is 53.7 Å². The van der Waals surface area contributed by atoms with Gasteiger partial charge in [-0.2, -0.15) is 4.68 Å². The van der Waals surface area contributed by atoms with Gasteiger partial charge < -0.3 is 10.1 Å². The highest BCUT2D eigenvalue weighted by molar-refractivity contribution is 7.99. The summed E-state index contributed by atoms with van der Waals surface area (Å²) in [5.41, 5.74) is 1.46. The molecule has 3 aromatic rings. The van der Waals surface area contributed by atoms with Crippen molar-refractivity contribution in [3.8, 4) is 11.4 Å². The number of amides is 1. The fourth-order valence-electron chi connectivity index (χ4n) is 2.16. The van der Waals surface area contributed by atoms with Crippen LogP contribution in [0.2, 0.25) is 0 Å². The van der Waals surface area contributed by atoms with Gasteiger partial charge in [0, 0.05) is 6.54 Å². The highest BCUT2D eigenvalue weighted by atomic mass is 32.2. The maximum absolute atomic E-state index is 13.4. The largest absolute Gasteiger partial charge is 0.497 e. The number of nitrogens with one attached hydrogen (secondary N) is 1. The minimum atomic E-state index is -0.383. The molecule has 9 heteroatoms. The Labute approximate surface area is 153 Å². The molecule has 0 saturated heterocycles. The second-order valence-electron chi connectivity index (χ2n) is 5.27. The van der Waals surface area contributed by atoms with Crippen LogP contribution in [0.25, 0.3) is 5.69 Å². The van der Waals surface area contributed by atoms with E-state index in [1.54, 1.807) is 19.2 Å². The fraction of sp³-hybridized carbons (Fsp3) is 0.176. The molecule has 0 radical (unpaired) electrons. The van der Waals surface area contributed by atoms with Gasteiger partial charge >= 0.3 is 0 Å². The molecule has 1 N–H and O–H groups in total. The molecule has 0 bridgehead atoms. The molecule has 134 valence electrons. The summed E-state index contributed by atoms with van der Waals surface area (Å²) in [4.78, 5) is 12.0. The first kappa shape index (κ1) is 17.9. The van der Waals surface area contributed by atoms with Crippen LogP contribution in [0.4, 0.5) is 4.39 Å². The van der Waals surface area contributed by atoms with E-state index in [0.717, 1.165) is 11.3 Å². The number of aromatic nitrogens is 4. The smallest absolute Gasteiger partial charge is 0.230 e. The monoisotopic (exact) mass is 373 g/mol. The topological polar surface area (TPSA) is 81.9 Å². The van der Waals surface area contributed by atoms with Crippen LogP contribution in [0.3, 0.4) is 0 Å². The normalized spacial score (nSPS) is 10.5. The van der Waals surface area contributed by atoms with E-state index >= 15 is 0 Å². The van der Waals surface area contributed by atoms with Crippen LogP contribution in [0.1, 0.15) is 5.56 Å². The summed E-state index contributed by atoms with van der Waals surface area (Å²) in [6.45, 7) is 0.415. The maximum atomic E-state index is 13.4. The molecule has 0 aliphatic rings. The summed E-state index contributed by atoms with van der Waals surface area (Å²) < 4.78 is 19.8. The average Bonchev–Trinajstić information content (AvgIpc) is 3.14. The number of hydrogen-bond donors (Lipinski definition) is 1. The molecule has 0 aliphatic heterocycles. The van der Waals surface area contributed by atoms with Crippen LogP contribution in [-0.2, 0) is 11.3 Å². The van der Waals surface area contributed by atoms with Crippen LogP contribution in [0, 0.1) is 5.82 Å². The summed E-state index contributed by atoms with van der Waals surface area (Å²) in [6.07, 6.45) is 0. The highest BCUT2D eigenvalue weighted by Gasteiger charge is 2.12. The lowest BCUT2D eigenvalue weighted by atomic mass is 10.2. The van der Waals surface area contributed by atoms with Gasteiger partial charge in [-0.1, -0.05) is 30.0 Å². The number of nitrogens with zero attached hydrogens (tertiary/aromatic N) is 4. The molecule has 26 heavy (non-hydrogen) atoms. The number of carbonyl (C=O) groups is 1. The zero-order valence-corrected chi connectivity index (χ0v) is 14.7. The van der Waals surface area contributed by atoms with E-state index in [2.05, 4.69) is 20.8 Å². The lowest BCUT2D eigenvalue weighted by molar-refractivity contribution is -0.118. The summed E-state index contributed by atoms with van der Waals surface area (Å²) >= 11 is 1.18. The van der Waals surface area contributed by atoms with Crippen LogP contribution >= 0.6 is 11.8 Å². The van der Waals surface area contributed by atoms with Crippen LogP contribution in [-0.4, -0.2) is 39.0 Å². The molecule has 2 aromatic carbocycles. The Kier molecular flexibility index (Phi) is 5.80. The quantitative estimate of drug-likeness (QED) is 0.640. The van der Waals surface area contributed by atoms with E-state index in [-0.39, 0.29) is 17.5 Å². The molecular formula is C17H16FN5O2S. The van der Waals surface area contributed by atoms with Crippen molar-refractivity contribution in [2.24, 2.45) is 0 Å². The number of benzene rings is 2. The predicted molar refractivity (Wildman–Crippen MR) is 94.7 cm³/mol. The van der Waals surface area contributed by atoms with Crippen molar-refractivity contribution < 1.29 is 13.9 Å². The van der Waals surface area contributed by atoms with E-state index < -0.39 is 0 Å². The van der Waals surface area contributed by atoms with E-state index in [4.69, 9.17) is 4.74 Å². The van der Waals surface area contributed by atoms with E-state index in [1.165, 1.54) is 28.6 Å². The predicted octanol–water partition coefficient (Wildman–Crippen LogP) is 2.22. The van der Waals surface area contributed by atoms with Gasteiger partial charge in [0.05, 0.1) is 18.6 Å². The standard InChI is InChI=1S/C17H16FN5O2S/c1-25-15-7-5-12(6-8-15)10-19-16(24)11-26-17-20-21-22-23(17)14-4-2-3-13(18)9-14/h2-9H,10-11H2,1H3,(H,19,24). The van der Waals surface area contributed by atoms with Crippen LogP contribution in [0.5, 0.6) is 5.75 Å². The SMILES string of the molecule is COc1ccc(CNC(=O)CSc2nnnn2-c2cccc(F)c2)cc1. The summed E-state index contributed by atoms with van der Waals surface area (Å²) in [5.74, 6) is 0.372. The van der Waals surface area contributed by atoms with Gasteiger partial charge in [0.25, 0.3) is 0 Å². The molecular weight excluding hydrogens is 357 g/mol. The fourth-order valence-corrected chi connectivity index (χ4v) is 2.88. The highest BCUT2D eigenvalue weighted by Crippen LogP contribution is 2.18. The second-order valence-corrected chi connectivity index (χ2v) is 6.21. The molecule has 0 aliphatic carbocycles. The van der Waals surface area contributed by atoms with Crippen molar-refractivity contribution in [2.75, 3.05) is 12.9 Å². The number of thioether (sulfide) groups is 1. The number of tetrazole rings is 1. The third kappa shape index (κ3) is 4.57. The zero-order valence-electron chi connectivity index (χ0n) is 13.9. The first-order valence-corrected chi connectivity index (χ1v) is 8.71. The van der Waals surface area contributed by atoms with Gasteiger partial charge in [-0.3, -0.25) is 4.79 Å². The average molecular weight is 373 g/mol. The molecule has 0 fully saturated rings. The third-order valence-electron chi connectivity index (χ3n) is 3.47. The molecule has 1 aromatic heterocycles. The molecule has 1 heterocycles. The van der Waals surface area contributed by atoms with Crippen molar-refractivity contribution >= 4 is 17.7 Å². The Morgan fingerprint density at radius 3 is 2.81 bits per heavy atom. The Morgan fingerprint density at radius 2 is 2.08 bits per heavy atom. The summed E-state index contributed by atoms with van der Waals surface area (Å²) in [5, 5.41) is 14.6. The lowest BCUT2D eigenvalue weighted by Crippen LogP contribution is -2.24. The first-order valence-electron chi connectivity index (χ1n) is 7.72. The van der Waals surface area contributed by atoms with Gasteiger partial charge in [-0.15, -0.1) is 5.10 Å². The number of halogens is 1. The Hall–Kier alpha value is -2.94. The molecule has 0 unspecified atom stereocenters. The minimum Gasteiger partial charge on any atom is -0.497 e. The number of methoxy groups -OCH3 is 1. The lowest BCUT2D eigenvalue weighted by Gasteiger charge is -2.07. The van der Waals surface area contributed by atoms with E-state index in [9.17, 15) is 9.18 Å². The maximum Gasteiger partial charge on any atom is 0.230 e. The Balaban J connectivity index is 1.54.